The van der Waals surface area contributed by atoms with E-state index in [4.69, 9.17) is 0 Å². The molecule has 0 bridgehead atoms. The molecule has 15 heavy (non-hydrogen) atoms. The summed E-state index contributed by atoms with van der Waals surface area (Å²) < 4.78 is 13.0. The standard InChI is InChI=1S/C13H17FO/c1-4-12(13(15)9(2)3)10-6-5-7-11(14)8-10/h5-9,12H,4H2,1-3H3. The van der Waals surface area contributed by atoms with Crippen LogP contribution in [0.3, 0.4) is 0 Å². The zero-order valence-electron chi connectivity index (χ0n) is 9.46. The molecule has 82 valence electrons. The van der Waals surface area contributed by atoms with Gasteiger partial charge in [-0.2, -0.15) is 0 Å². The maximum atomic E-state index is 13.0. The van der Waals surface area contributed by atoms with E-state index in [2.05, 4.69) is 0 Å². The third-order valence-corrected chi connectivity index (χ3v) is 2.57. The molecular formula is C13H17FO. The zero-order chi connectivity index (χ0) is 11.4. The topological polar surface area (TPSA) is 17.1 Å². The lowest BCUT2D eigenvalue weighted by molar-refractivity contribution is -0.123. The van der Waals surface area contributed by atoms with Gasteiger partial charge in [0.25, 0.3) is 0 Å². The van der Waals surface area contributed by atoms with Crippen LogP contribution in [0.2, 0.25) is 0 Å². The minimum Gasteiger partial charge on any atom is -0.299 e. The number of halogens is 1. The monoisotopic (exact) mass is 208 g/mol. The lowest BCUT2D eigenvalue weighted by atomic mass is 9.87. The fourth-order valence-corrected chi connectivity index (χ4v) is 1.73. The average molecular weight is 208 g/mol. The maximum Gasteiger partial charge on any atom is 0.142 e. The summed E-state index contributed by atoms with van der Waals surface area (Å²) in [6.45, 7) is 5.71. The molecule has 0 saturated carbocycles. The van der Waals surface area contributed by atoms with E-state index in [1.54, 1.807) is 6.07 Å². The predicted octanol–water partition coefficient (Wildman–Crippen LogP) is 3.54. The van der Waals surface area contributed by atoms with Crippen LogP contribution < -0.4 is 0 Å². The van der Waals surface area contributed by atoms with Crippen LogP contribution in [0.5, 0.6) is 0 Å². The second-order valence-electron chi connectivity index (χ2n) is 4.07. The highest BCUT2D eigenvalue weighted by Gasteiger charge is 2.21. The van der Waals surface area contributed by atoms with Crippen molar-refractivity contribution in [2.45, 2.75) is 33.1 Å². The number of hydrogen-bond donors (Lipinski definition) is 0. The van der Waals surface area contributed by atoms with Gasteiger partial charge in [-0.25, -0.2) is 4.39 Å². The molecule has 1 aromatic carbocycles. The molecule has 1 nitrogen and oxygen atoms in total. The van der Waals surface area contributed by atoms with Gasteiger partial charge in [-0.15, -0.1) is 0 Å². The van der Waals surface area contributed by atoms with E-state index < -0.39 is 0 Å². The molecule has 0 spiro atoms. The molecule has 2 heteroatoms. The molecule has 0 aliphatic heterocycles. The van der Waals surface area contributed by atoms with Crippen molar-refractivity contribution in [1.82, 2.24) is 0 Å². The number of Topliss-reactive ketones (excluding diaryl/α,β-unsaturated/α-hetero) is 1. The van der Waals surface area contributed by atoms with Gasteiger partial charge in [0.15, 0.2) is 0 Å². The molecule has 0 fully saturated rings. The van der Waals surface area contributed by atoms with Crippen molar-refractivity contribution in [3.63, 3.8) is 0 Å². The van der Waals surface area contributed by atoms with Crippen LogP contribution in [-0.2, 0) is 4.79 Å². The van der Waals surface area contributed by atoms with Crippen molar-refractivity contribution in [3.05, 3.63) is 35.6 Å². The van der Waals surface area contributed by atoms with Gasteiger partial charge in [-0.3, -0.25) is 4.79 Å². The number of benzene rings is 1. The van der Waals surface area contributed by atoms with Crippen LogP contribution in [0.25, 0.3) is 0 Å². The van der Waals surface area contributed by atoms with Gasteiger partial charge in [0.1, 0.15) is 11.6 Å². The molecule has 0 radical (unpaired) electrons. The van der Waals surface area contributed by atoms with Crippen LogP contribution in [0.4, 0.5) is 4.39 Å². The second-order valence-corrected chi connectivity index (χ2v) is 4.07. The Labute approximate surface area is 90.3 Å². The molecule has 0 saturated heterocycles. The molecular weight excluding hydrogens is 191 g/mol. The third-order valence-electron chi connectivity index (χ3n) is 2.57. The van der Waals surface area contributed by atoms with Gasteiger partial charge >= 0.3 is 0 Å². The van der Waals surface area contributed by atoms with E-state index in [1.807, 2.05) is 26.8 Å². The number of rotatable bonds is 4. The Hall–Kier alpha value is -1.18. The Morgan fingerprint density at radius 1 is 1.40 bits per heavy atom. The highest BCUT2D eigenvalue weighted by atomic mass is 19.1. The first-order valence-corrected chi connectivity index (χ1v) is 5.35. The van der Waals surface area contributed by atoms with E-state index in [-0.39, 0.29) is 23.4 Å². The van der Waals surface area contributed by atoms with Crippen LogP contribution >= 0.6 is 0 Å². The summed E-state index contributed by atoms with van der Waals surface area (Å²) in [6, 6.07) is 6.32. The summed E-state index contributed by atoms with van der Waals surface area (Å²) in [6.07, 6.45) is 0.723. The van der Waals surface area contributed by atoms with E-state index in [1.165, 1.54) is 12.1 Å². The predicted molar refractivity (Wildman–Crippen MR) is 59.3 cm³/mol. The zero-order valence-corrected chi connectivity index (χ0v) is 9.46. The fraction of sp³-hybridized carbons (Fsp3) is 0.462. The minimum atomic E-state index is -0.275. The molecule has 0 aliphatic carbocycles. The van der Waals surface area contributed by atoms with Crippen LogP contribution in [-0.4, -0.2) is 5.78 Å². The Balaban J connectivity index is 2.97. The van der Waals surface area contributed by atoms with Crippen molar-refractivity contribution >= 4 is 5.78 Å². The van der Waals surface area contributed by atoms with Crippen molar-refractivity contribution in [3.8, 4) is 0 Å². The van der Waals surface area contributed by atoms with Crippen molar-refractivity contribution in [1.29, 1.82) is 0 Å². The molecule has 0 N–H and O–H groups in total. The Kier molecular flexibility index (Phi) is 4.01. The summed E-state index contributed by atoms with van der Waals surface area (Å²) in [4.78, 5) is 11.9. The van der Waals surface area contributed by atoms with Crippen molar-refractivity contribution in [2.24, 2.45) is 5.92 Å². The quantitative estimate of drug-likeness (QED) is 0.739. The Morgan fingerprint density at radius 2 is 2.07 bits per heavy atom. The van der Waals surface area contributed by atoms with Gasteiger partial charge in [0.2, 0.25) is 0 Å². The summed E-state index contributed by atoms with van der Waals surface area (Å²) >= 11 is 0. The molecule has 1 unspecified atom stereocenters. The number of carbonyl (C=O) groups is 1. The molecule has 0 amide bonds. The summed E-state index contributed by atoms with van der Waals surface area (Å²) in [5.74, 6) is -0.260. The van der Waals surface area contributed by atoms with Crippen LogP contribution in [0.1, 0.15) is 38.7 Å². The molecule has 0 heterocycles. The Morgan fingerprint density at radius 3 is 2.53 bits per heavy atom. The normalized spacial score (nSPS) is 12.9. The largest absolute Gasteiger partial charge is 0.299 e. The van der Waals surface area contributed by atoms with Gasteiger partial charge in [0.05, 0.1) is 0 Å². The van der Waals surface area contributed by atoms with E-state index >= 15 is 0 Å². The first-order valence-electron chi connectivity index (χ1n) is 5.35. The van der Waals surface area contributed by atoms with Gasteiger partial charge in [0, 0.05) is 11.8 Å². The van der Waals surface area contributed by atoms with Crippen LogP contribution in [0.15, 0.2) is 24.3 Å². The summed E-state index contributed by atoms with van der Waals surface area (Å²) in [7, 11) is 0. The van der Waals surface area contributed by atoms with Gasteiger partial charge in [-0.05, 0) is 24.1 Å². The minimum absolute atomic E-state index is 0.00165. The molecule has 1 rings (SSSR count). The van der Waals surface area contributed by atoms with E-state index in [0.717, 1.165) is 12.0 Å². The highest BCUT2D eigenvalue weighted by Crippen LogP contribution is 2.24. The first kappa shape index (κ1) is 11.9. The van der Waals surface area contributed by atoms with Gasteiger partial charge < -0.3 is 0 Å². The van der Waals surface area contributed by atoms with Crippen molar-refractivity contribution in [2.75, 3.05) is 0 Å². The SMILES string of the molecule is CCC(C(=O)C(C)C)c1cccc(F)c1. The Bertz CT molecular complexity index is 344. The third kappa shape index (κ3) is 2.88. The second kappa shape index (κ2) is 5.06. The number of hydrogen-bond acceptors (Lipinski definition) is 1. The van der Waals surface area contributed by atoms with Gasteiger partial charge in [-0.1, -0.05) is 32.9 Å². The van der Waals surface area contributed by atoms with E-state index in [0.29, 0.717) is 0 Å². The number of carbonyl (C=O) groups excluding carboxylic acids is 1. The smallest absolute Gasteiger partial charge is 0.142 e. The summed E-state index contributed by atoms with van der Waals surface area (Å²) in [5.41, 5.74) is 0.788. The molecule has 1 atom stereocenters. The molecule has 0 aromatic heterocycles. The lowest BCUT2D eigenvalue weighted by Gasteiger charge is -2.16. The van der Waals surface area contributed by atoms with Crippen LogP contribution in [0, 0.1) is 11.7 Å². The summed E-state index contributed by atoms with van der Waals surface area (Å²) in [5, 5.41) is 0. The maximum absolute atomic E-state index is 13.0. The van der Waals surface area contributed by atoms with E-state index in [9.17, 15) is 9.18 Å². The first-order chi connectivity index (χ1) is 7.06. The van der Waals surface area contributed by atoms with Crippen molar-refractivity contribution < 1.29 is 9.18 Å². The highest BCUT2D eigenvalue weighted by molar-refractivity contribution is 5.87. The molecule has 0 aliphatic rings. The molecule has 1 aromatic rings. The average Bonchev–Trinajstić information content (AvgIpc) is 2.18. The fourth-order valence-electron chi connectivity index (χ4n) is 1.73. The lowest BCUT2D eigenvalue weighted by Crippen LogP contribution is -2.17. The number of ketones is 1.